The molecule has 6 heteroatoms. The molecule has 1 saturated heterocycles. The lowest BCUT2D eigenvalue weighted by Crippen LogP contribution is -2.39. The van der Waals surface area contributed by atoms with Crippen LogP contribution in [0.3, 0.4) is 0 Å². The number of hydrogen-bond donors (Lipinski definition) is 1. The summed E-state index contributed by atoms with van der Waals surface area (Å²) in [5.74, 6) is 1.47. The quantitative estimate of drug-likeness (QED) is 0.758. The molecule has 1 unspecified atom stereocenters. The van der Waals surface area contributed by atoms with E-state index in [2.05, 4.69) is 14.5 Å². The molecule has 1 aromatic carbocycles. The Morgan fingerprint density at radius 1 is 1.21 bits per heavy atom. The predicted octanol–water partition coefficient (Wildman–Crippen LogP) is 3.36. The summed E-state index contributed by atoms with van der Waals surface area (Å²) in [6, 6.07) is 9.05. The van der Waals surface area contributed by atoms with Crippen LogP contribution < -0.4 is 0 Å². The lowest BCUT2D eigenvalue weighted by molar-refractivity contribution is 0.0703. The summed E-state index contributed by atoms with van der Waals surface area (Å²) in [5, 5.41) is 9.71. The number of hydrogen-bond acceptors (Lipinski definition) is 4. The van der Waals surface area contributed by atoms with Gasteiger partial charge in [0.05, 0.1) is 0 Å². The first-order valence-corrected chi connectivity index (χ1v) is 9.60. The molecule has 1 aliphatic heterocycles. The van der Waals surface area contributed by atoms with Crippen LogP contribution in [-0.2, 0) is 6.54 Å². The highest BCUT2D eigenvalue weighted by Crippen LogP contribution is 2.28. The van der Waals surface area contributed by atoms with E-state index in [-0.39, 0.29) is 17.6 Å². The van der Waals surface area contributed by atoms with Gasteiger partial charge in [-0.3, -0.25) is 9.78 Å². The van der Waals surface area contributed by atoms with Crippen LogP contribution >= 0.6 is 0 Å². The van der Waals surface area contributed by atoms with E-state index in [4.69, 9.17) is 0 Å². The molecule has 4 rings (SSSR count). The predicted molar refractivity (Wildman–Crippen MR) is 106 cm³/mol. The molecule has 6 nitrogen and oxygen atoms in total. The first kappa shape index (κ1) is 18.2. The summed E-state index contributed by atoms with van der Waals surface area (Å²) in [6.45, 7) is 3.97. The normalized spacial score (nSPS) is 16.9. The van der Waals surface area contributed by atoms with Gasteiger partial charge in [-0.2, -0.15) is 0 Å². The van der Waals surface area contributed by atoms with Crippen molar-refractivity contribution in [1.29, 1.82) is 0 Å². The van der Waals surface area contributed by atoms with Gasteiger partial charge in [0, 0.05) is 55.9 Å². The number of nitrogens with zero attached hydrogens (tertiary/aromatic N) is 4. The number of phenolic OH excluding ortho intramolecular Hbond substituents is 1. The summed E-state index contributed by atoms with van der Waals surface area (Å²) in [7, 11) is 0. The number of phenols is 1. The second-order valence-corrected chi connectivity index (χ2v) is 7.36. The monoisotopic (exact) mass is 376 g/mol. The minimum Gasteiger partial charge on any atom is -0.508 e. The number of benzene rings is 1. The van der Waals surface area contributed by atoms with Crippen LogP contribution in [0.1, 0.15) is 46.1 Å². The average Bonchev–Trinajstić information content (AvgIpc) is 3.18. The average molecular weight is 376 g/mol. The van der Waals surface area contributed by atoms with Crippen molar-refractivity contribution in [2.24, 2.45) is 0 Å². The topological polar surface area (TPSA) is 71.2 Å². The molecule has 0 bridgehead atoms. The third-order valence-electron chi connectivity index (χ3n) is 5.37. The van der Waals surface area contributed by atoms with Gasteiger partial charge in [-0.1, -0.05) is 0 Å². The molecule has 1 N–H and O–H groups in total. The standard InChI is InChI=1S/C22H24N4O2/c1-16-13-18(4-5-20(16)27)22(28)26-11-2-3-19(15-26)21-24-10-12-25(21)14-17-6-8-23-9-7-17/h4-10,12-13,19,27H,2-3,11,14-15H2,1H3. The Morgan fingerprint density at radius 2 is 2.04 bits per heavy atom. The number of carbonyl (C=O) groups is 1. The number of rotatable bonds is 4. The Kier molecular flexibility index (Phi) is 5.10. The highest BCUT2D eigenvalue weighted by Gasteiger charge is 2.28. The van der Waals surface area contributed by atoms with Crippen molar-refractivity contribution in [1.82, 2.24) is 19.4 Å². The van der Waals surface area contributed by atoms with Crippen molar-refractivity contribution in [2.45, 2.75) is 32.2 Å². The summed E-state index contributed by atoms with van der Waals surface area (Å²) in [4.78, 5) is 23.5. The Hall–Kier alpha value is -3.15. The van der Waals surface area contributed by atoms with Crippen molar-refractivity contribution in [2.75, 3.05) is 13.1 Å². The molecule has 1 amide bonds. The van der Waals surface area contributed by atoms with Gasteiger partial charge in [0.2, 0.25) is 0 Å². The zero-order valence-electron chi connectivity index (χ0n) is 16.0. The molecular formula is C22H24N4O2. The van der Waals surface area contributed by atoms with E-state index in [1.807, 2.05) is 29.4 Å². The van der Waals surface area contributed by atoms with E-state index in [0.717, 1.165) is 31.8 Å². The van der Waals surface area contributed by atoms with Gasteiger partial charge < -0.3 is 14.6 Å². The second kappa shape index (κ2) is 7.84. The first-order chi connectivity index (χ1) is 13.6. The van der Waals surface area contributed by atoms with Crippen LogP contribution in [0.5, 0.6) is 5.75 Å². The Labute approximate surface area is 164 Å². The molecule has 0 saturated carbocycles. The van der Waals surface area contributed by atoms with E-state index in [1.165, 1.54) is 5.56 Å². The van der Waals surface area contributed by atoms with Crippen molar-refractivity contribution in [3.05, 3.63) is 77.6 Å². The van der Waals surface area contributed by atoms with Gasteiger partial charge in [0.15, 0.2) is 0 Å². The maximum atomic E-state index is 13.0. The fraction of sp³-hybridized carbons (Fsp3) is 0.318. The molecule has 144 valence electrons. The van der Waals surface area contributed by atoms with Crippen molar-refractivity contribution in [3.63, 3.8) is 0 Å². The van der Waals surface area contributed by atoms with E-state index >= 15 is 0 Å². The summed E-state index contributed by atoms with van der Waals surface area (Å²) in [5.41, 5.74) is 2.51. The highest BCUT2D eigenvalue weighted by molar-refractivity contribution is 5.94. The van der Waals surface area contributed by atoms with Crippen LogP contribution in [-0.4, -0.2) is 43.5 Å². The molecular weight excluding hydrogens is 352 g/mol. The number of imidazole rings is 1. The summed E-state index contributed by atoms with van der Waals surface area (Å²) >= 11 is 0. The van der Waals surface area contributed by atoms with E-state index in [1.54, 1.807) is 37.5 Å². The van der Waals surface area contributed by atoms with Gasteiger partial charge >= 0.3 is 0 Å². The molecule has 0 aliphatic carbocycles. The number of pyridine rings is 1. The summed E-state index contributed by atoms with van der Waals surface area (Å²) in [6.07, 6.45) is 9.40. The van der Waals surface area contributed by atoms with Gasteiger partial charge in [0.1, 0.15) is 11.6 Å². The molecule has 0 spiro atoms. The van der Waals surface area contributed by atoms with Crippen LogP contribution in [0.15, 0.2) is 55.1 Å². The van der Waals surface area contributed by atoms with E-state index < -0.39 is 0 Å². The van der Waals surface area contributed by atoms with E-state index in [0.29, 0.717) is 17.7 Å². The number of piperidine rings is 1. The van der Waals surface area contributed by atoms with Gasteiger partial charge in [-0.25, -0.2) is 4.98 Å². The number of amides is 1. The zero-order valence-corrected chi connectivity index (χ0v) is 16.0. The zero-order chi connectivity index (χ0) is 19.5. The third kappa shape index (κ3) is 3.76. The minimum absolute atomic E-state index is 0.0139. The first-order valence-electron chi connectivity index (χ1n) is 9.60. The van der Waals surface area contributed by atoms with Crippen molar-refractivity contribution < 1.29 is 9.90 Å². The van der Waals surface area contributed by atoms with Crippen molar-refractivity contribution in [3.8, 4) is 5.75 Å². The van der Waals surface area contributed by atoms with Gasteiger partial charge in [0.25, 0.3) is 5.91 Å². The maximum absolute atomic E-state index is 13.0. The molecule has 1 aliphatic rings. The molecule has 3 aromatic rings. The lowest BCUT2D eigenvalue weighted by atomic mass is 9.96. The van der Waals surface area contributed by atoms with Gasteiger partial charge in [-0.15, -0.1) is 0 Å². The maximum Gasteiger partial charge on any atom is 0.253 e. The SMILES string of the molecule is Cc1cc(C(=O)N2CCCC(c3nccn3Cc3ccncc3)C2)ccc1O. The molecule has 1 fully saturated rings. The smallest absolute Gasteiger partial charge is 0.253 e. The molecule has 3 heterocycles. The highest BCUT2D eigenvalue weighted by atomic mass is 16.3. The molecule has 2 aromatic heterocycles. The number of carbonyl (C=O) groups excluding carboxylic acids is 1. The Morgan fingerprint density at radius 3 is 2.82 bits per heavy atom. The third-order valence-corrected chi connectivity index (χ3v) is 5.37. The van der Waals surface area contributed by atoms with Gasteiger partial charge in [-0.05, 0) is 61.2 Å². The molecule has 1 atom stereocenters. The Bertz CT molecular complexity index is 968. The molecule has 28 heavy (non-hydrogen) atoms. The fourth-order valence-corrected chi connectivity index (χ4v) is 3.84. The summed E-state index contributed by atoms with van der Waals surface area (Å²) < 4.78 is 2.17. The van der Waals surface area contributed by atoms with Crippen LogP contribution in [0.2, 0.25) is 0 Å². The van der Waals surface area contributed by atoms with E-state index in [9.17, 15) is 9.90 Å². The number of aryl methyl sites for hydroxylation is 1. The number of aromatic hydroxyl groups is 1. The van der Waals surface area contributed by atoms with Crippen LogP contribution in [0, 0.1) is 6.92 Å². The van der Waals surface area contributed by atoms with Crippen LogP contribution in [0.25, 0.3) is 0 Å². The van der Waals surface area contributed by atoms with Crippen molar-refractivity contribution >= 4 is 5.91 Å². The van der Waals surface area contributed by atoms with Crippen LogP contribution in [0.4, 0.5) is 0 Å². The fourth-order valence-electron chi connectivity index (χ4n) is 3.84. The number of aromatic nitrogens is 3. The second-order valence-electron chi connectivity index (χ2n) is 7.36. The minimum atomic E-state index is 0.0139. The lowest BCUT2D eigenvalue weighted by Gasteiger charge is -2.33. The largest absolute Gasteiger partial charge is 0.508 e. The molecule has 0 radical (unpaired) electrons. The number of likely N-dealkylation sites (tertiary alicyclic amines) is 1. The Balaban J connectivity index is 1.51.